The standard InChI is InChI=1S/C14H20N2O/c1-4-7-16-13(9-15)10-17-14-6-5-11(2)12(3)8-14/h5-6,8,13,16H,4,7,10H2,1-3H3. The summed E-state index contributed by atoms with van der Waals surface area (Å²) in [5, 5.41) is 12.1. The van der Waals surface area contributed by atoms with Gasteiger partial charge in [0, 0.05) is 0 Å². The number of hydrogen-bond acceptors (Lipinski definition) is 3. The molecule has 0 aliphatic heterocycles. The average molecular weight is 232 g/mol. The maximum absolute atomic E-state index is 8.94. The molecule has 0 aliphatic rings. The lowest BCUT2D eigenvalue weighted by Crippen LogP contribution is -2.33. The van der Waals surface area contributed by atoms with E-state index in [4.69, 9.17) is 10.00 Å². The molecule has 0 heterocycles. The molecule has 0 saturated carbocycles. The molecule has 0 spiro atoms. The molecule has 17 heavy (non-hydrogen) atoms. The first kappa shape index (κ1) is 13.5. The second kappa shape index (κ2) is 6.93. The van der Waals surface area contributed by atoms with E-state index >= 15 is 0 Å². The summed E-state index contributed by atoms with van der Waals surface area (Å²) in [5.41, 5.74) is 2.45. The topological polar surface area (TPSA) is 45.0 Å². The molecule has 3 nitrogen and oxygen atoms in total. The Labute approximate surface area is 103 Å². The van der Waals surface area contributed by atoms with E-state index in [0.717, 1.165) is 18.7 Å². The van der Waals surface area contributed by atoms with Gasteiger partial charge in [-0.2, -0.15) is 5.26 Å². The van der Waals surface area contributed by atoms with E-state index in [-0.39, 0.29) is 6.04 Å². The van der Waals surface area contributed by atoms with Gasteiger partial charge in [-0.05, 0) is 50.1 Å². The lowest BCUT2D eigenvalue weighted by molar-refractivity contribution is 0.289. The van der Waals surface area contributed by atoms with Gasteiger partial charge in [0.2, 0.25) is 0 Å². The van der Waals surface area contributed by atoms with Gasteiger partial charge in [-0.25, -0.2) is 0 Å². The summed E-state index contributed by atoms with van der Waals surface area (Å²) in [6, 6.07) is 7.94. The first-order valence-corrected chi connectivity index (χ1v) is 6.00. The molecule has 3 heteroatoms. The largest absolute Gasteiger partial charge is 0.491 e. The van der Waals surface area contributed by atoms with Crippen molar-refractivity contribution in [1.29, 1.82) is 5.26 Å². The molecule has 0 amide bonds. The van der Waals surface area contributed by atoms with Crippen LogP contribution in [0.25, 0.3) is 0 Å². The molecule has 92 valence electrons. The van der Waals surface area contributed by atoms with E-state index in [0.29, 0.717) is 6.61 Å². The van der Waals surface area contributed by atoms with E-state index in [1.54, 1.807) is 0 Å². The molecule has 1 rings (SSSR count). The van der Waals surface area contributed by atoms with Crippen LogP contribution in [0.15, 0.2) is 18.2 Å². The summed E-state index contributed by atoms with van der Waals surface area (Å²) in [5.74, 6) is 0.826. The van der Waals surface area contributed by atoms with Crippen LogP contribution in [-0.2, 0) is 0 Å². The van der Waals surface area contributed by atoms with Gasteiger partial charge in [0.05, 0.1) is 6.07 Å². The number of aryl methyl sites for hydroxylation is 2. The molecule has 0 saturated heterocycles. The zero-order valence-corrected chi connectivity index (χ0v) is 10.8. The van der Waals surface area contributed by atoms with Gasteiger partial charge in [0.25, 0.3) is 0 Å². The van der Waals surface area contributed by atoms with Crippen LogP contribution in [0.1, 0.15) is 24.5 Å². The highest BCUT2D eigenvalue weighted by atomic mass is 16.5. The molecule has 1 atom stereocenters. The fourth-order valence-corrected chi connectivity index (χ4v) is 1.44. The SMILES string of the molecule is CCCNC(C#N)COc1ccc(C)c(C)c1. The van der Waals surface area contributed by atoms with E-state index in [9.17, 15) is 0 Å². The molecule has 0 fully saturated rings. The Hall–Kier alpha value is -1.53. The second-order valence-electron chi connectivity index (χ2n) is 4.19. The van der Waals surface area contributed by atoms with Crippen LogP contribution in [0.2, 0.25) is 0 Å². The Morgan fingerprint density at radius 1 is 1.35 bits per heavy atom. The third kappa shape index (κ3) is 4.46. The maximum Gasteiger partial charge on any atom is 0.130 e. The molecule has 0 bridgehead atoms. The molecule has 1 aromatic rings. The smallest absolute Gasteiger partial charge is 0.130 e. The van der Waals surface area contributed by atoms with Crippen LogP contribution in [0.4, 0.5) is 0 Å². The van der Waals surface area contributed by atoms with Gasteiger partial charge < -0.3 is 4.74 Å². The van der Waals surface area contributed by atoms with E-state index in [1.807, 2.05) is 18.2 Å². The van der Waals surface area contributed by atoms with Gasteiger partial charge in [0.15, 0.2) is 0 Å². The second-order valence-corrected chi connectivity index (χ2v) is 4.19. The molecule has 1 N–H and O–H groups in total. The highest BCUT2D eigenvalue weighted by Crippen LogP contribution is 2.16. The van der Waals surface area contributed by atoms with Crippen molar-refractivity contribution in [3.8, 4) is 11.8 Å². The lowest BCUT2D eigenvalue weighted by atomic mass is 10.1. The minimum absolute atomic E-state index is 0.239. The number of nitriles is 1. The Kier molecular flexibility index (Phi) is 5.51. The Balaban J connectivity index is 2.48. The monoisotopic (exact) mass is 232 g/mol. The van der Waals surface area contributed by atoms with Crippen LogP contribution in [0, 0.1) is 25.2 Å². The zero-order valence-electron chi connectivity index (χ0n) is 10.8. The van der Waals surface area contributed by atoms with Crippen molar-refractivity contribution < 1.29 is 4.74 Å². The van der Waals surface area contributed by atoms with Gasteiger partial charge >= 0.3 is 0 Å². The Morgan fingerprint density at radius 2 is 2.12 bits per heavy atom. The third-order valence-corrected chi connectivity index (χ3v) is 2.69. The van der Waals surface area contributed by atoms with Gasteiger partial charge in [0.1, 0.15) is 18.4 Å². The van der Waals surface area contributed by atoms with E-state index < -0.39 is 0 Å². The summed E-state index contributed by atoms with van der Waals surface area (Å²) >= 11 is 0. The number of benzene rings is 1. The van der Waals surface area contributed by atoms with Crippen LogP contribution in [0.5, 0.6) is 5.75 Å². The van der Waals surface area contributed by atoms with Gasteiger partial charge in [-0.3, -0.25) is 5.32 Å². The van der Waals surface area contributed by atoms with E-state index in [2.05, 4.69) is 32.2 Å². The summed E-state index contributed by atoms with van der Waals surface area (Å²) in [6.45, 7) is 7.43. The fourth-order valence-electron chi connectivity index (χ4n) is 1.44. The summed E-state index contributed by atoms with van der Waals surface area (Å²) in [4.78, 5) is 0. The van der Waals surface area contributed by atoms with Crippen molar-refractivity contribution in [3.63, 3.8) is 0 Å². The van der Waals surface area contributed by atoms with E-state index in [1.165, 1.54) is 11.1 Å². The molecule has 1 unspecified atom stereocenters. The lowest BCUT2D eigenvalue weighted by Gasteiger charge is -2.13. The molecule has 0 aliphatic carbocycles. The van der Waals surface area contributed by atoms with Crippen LogP contribution in [0.3, 0.4) is 0 Å². The average Bonchev–Trinajstić information content (AvgIpc) is 2.34. The quantitative estimate of drug-likeness (QED) is 0.820. The summed E-state index contributed by atoms with van der Waals surface area (Å²) < 4.78 is 5.61. The summed E-state index contributed by atoms with van der Waals surface area (Å²) in [7, 11) is 0. The predicted octanol–water partition coefficient (Wildman–Crippen LogP) is 2.57. The fraction of sp³-hybridized carbons (Fsp3) is 0.500. The van der Waals surface area contributed by atoms with Crippen LogP contribution in [-0.4, -0.2) is 19.2 Å². The molecular formula is C14H20N2O. The highest BCUT2D eigenvalue weighted by Gasteiger charge is 2.06. The minimum Gasteiger partial charge on any atom is -0.491 e. The number of hydrogen-bond donors (Lipinski definition) is 1. The Morgan fingerprint density at radius 3 is 2.71 bits per heavy atom. The number of ether oxygens (including phenoxy) is 1. The normalized spacial score (nSPS) is 11.9. The molecular weight excluding hydrogens is 212 g/mol. The molecule has 1 aromatic carbocycles. The van der Waals surface area contributed by atoms with Crippen molar-refractivity contribution >= 4 is 0 Å². The molecule has 0 aromatic heterocycles. The first-order valence-electron chi connectivity index (χ1n) is 6.00. The van der Waals surface area contributed by atoms with Crippen LogP contribution >= 0.6 is 0 Å². The summed E-state index contributed by atoms with van der Waals surface area (Å²) in [6.07, 6.45) is 1.02. The zero-order chi connectivity index (χ0) is 12.7. The third-order valence-electron chi connectivity index (χ3n) is 2.69. The predicted molar refractivity (Wildman–Crippen MR) is 69.1 cm³/mol. The van der Waals surface area contributed by atoms with Crippen molar-refractivity contribution in [3.05, 3.63) is 29.3 Å². The Bertz CT molecular complexity index is 396. The van der Waals surface area contributed by atoms with Gasteiger partial charge in [-0.1, -0.05) is 13.0 Å². The first-order chi connectivity index (χ1) is 8.17. The van der Waals surface area contributed by atoms with Crippen molar-refractivity contribution in [2.45, 2.75) is 33.2 Å². The highest BCUT2D eigenvalue weighted by molar-refractivity contribution is 5.33. The number of nitrogens with one attached hydrogen (secondary N) is 1. The maximum atomic E-state index is 8.94. The van der Waals surface area contributed by atoms with Crippen molar-refractivity contribution in [2.75, 3.05) is 13.2 Å². The van der Waals surface area contributed by atoms with Crippen molar-refractivity contribution in [1.82, 2.24) is 5.32 Å². The minimum atomic E-state index is -0.239. The number of nitrogens with zero attached hydrogens (tertiary/aromatic N) is 1. The molecule has 0 radical (unpaired) electrons. The van der Waals surface area contributed by atoms with Crippen molar-refractivity contribution in [2.24, 2.45) is 0 Å². The number of rotatable bonds is 6. The van der Waals surface area contributed by atoms with Gasteiger partial charge in [-0.15, -0.1) is 0 Å². The van der Waals surface area contributed by atoms with Crippen LogP contribution < -0.4 is 10.1 Å².